The molecule has 110 valence electrons. The van der Waals surface area contributed by atoms with Gasteiger partial charge in [-0.25, -0.2) is 5.43 Å². The molecule has 0 aliphatic carbocycles. The quantitative estimate of drug-likeness (QED) is 0.496. The smallest absolute Gasteiger partial charge is 0.275 e. The van der Waals surface area contributed by atoms with Gasteiger partial charge in [0.1, 0.15) is 5.75 Å². The SMILES string of the molecule is O=C(N/N=C\c1c[nH]c2ccc(Br)cc12)c1ccccc1O. The highest BCUT2D eigenvalue weighted by molar-refractivity contribution is 9.10. The molecule has 0 aliphatic heterocycles. The van der Waals surface area contributed by atoms with E-state index in [9.17, 15) is 9.90 Å². The van der Waals surface area contributed by atoms with E-state index in [0.29, 0.717) is 0 Å². The fourth-order valence-electron chi connectivity index (χ4n) is 2.11. The third-order valence-electron chi connectivity index (χ3n) is 3.19. The summed E-state index contributed by atoms with van der Waals surface area (Å²) < 4.78 is 0.965. The first-order chi connectivity index (χ1) is 10.6. The molecule has 0 spiro atoms. The van der Waals surface area contributed by atoms with E-state index in [1.54, 1.807) is 18.3 Å². The number of nitrogens with zero attached hydrogens (tertiary/aromatic N) is 1. The van der Waals surface area contributed by atoms with Gasteiger partial charge in [0.25, 0.3) is 5.91 Å². The number of benzene rings is 2. The number of phenols is 1. The fraction of sp³-hybridized carbons (Fsp3) is 0. The molecule has 0 saturated carbocycles. The molecule has 0 atom stereocenters. The van der Waals surface area contributed by atoms with Gasteiger partial charge in [-0.15, -0.1) is 0 Å². The maximum Gasteiger partial charge on any atom is 0.275 e. The van der Waals surface area contributed by atoms with Gasteiger partial charge in [0.2, 0.25) is 0 Å². The predicted octanol–water partition coefficient (Wildman–Crippen LogP) is 3.40. The number of aromatic nitrogens is 1. The Morgan fingerprint density at radius 3 is 2.91 bits per heavy atom. The number of carbonyl (C=O) groups is 1. The fourth-order valence-corrected chi connectivity index (χ4v) is 2.47. The summed E-state index contributed by atoms with van der Waals surface area (Å²) in [6.45, 7) is 0. The van der Waals surface area contributed by atoms with Crippen LogP contribution >= 0.6 is 15.9 Å². The monoisotopic (exact) mass is 357 g/mol. The van der Waals surface area contributed by atoms with Crippen molar-refractivity contribution in [3.63, 3.8) is 0 Å². The number of amides is 1. The summed E-state index contributed by atoms with van der Waals surface area (Å²) >= 11 is 3.43. The molecule has 0 saturated heterocycles. The standard InChI is InChI=1S/C16H12BrN3O2/c17-11-5-6-14-13(7-11)10(8-18-14)9-19-20-16(22)12-3-1-2-4-15(12)21/h1-9,18,21H,(H,20,22)/b19-9-. The zero-order valence-corrected chi connectivity index (χ0v) is 13.0. The van der Waals surface area contributed by atoms with Crippen molar-refractivity contribution < 1.29 is 9.90 Å². The first kappa shape index (κ1) is 14.3. The second kappa shape index (κ2) is 6.03. The number of hydrogen-bond donors (Lipinski definition) is 3. The molecule has 5 nitrogen and oxygen atoms in total. The lowest BCUT2D eigenvalue weighted by atomic mass is 10.2. The summed E-state index contributed by atoms with van der Waals surface area (Å²) in [4.78, 5) is 15.0. The Bertz CT molecular complexity index is 871. The summed E-state index contributed by atoms with van der Waals surface area (Å²) in [6, 6.07) is 12.2. The highest BCUT2D eigenvalue weighted by atomic mass is 79.9. The van der Waals surface area contributed by atoms with Gasteiger partial charge in [0, 0.05) is 27.1 Å². The van der Waals surface area contributed by atoms with Crippen molar-refractivity contribution in [2.24, 2.45) is 5.10 Å². The Kier molecular flexibility index (Phi) is 3.93. The number of carbonyl (C=O) groups excluding carboxylic acids is 1. The summed E-state index contributed by atoms with van der Waals surface area (Å²) in [7, 11) is 0. The van der Waals surface area contributed by atoms with Crippen molar-refractivity contribution in [2.45, 2.75) is 0 Å². The minimum atomic E-state index is -0.463. The molecule has 0 fully saturated rings. The molecule has 3 aromatic rings. The predicted molar refractivity (Wildman–Crippen MR) is 89.2 cm³/mol. The van der Waals surface area contributed by atoms with Gasteiger partial charge in [0.05, 0.1) is 11.8 Å². The van der Waals surface area contributed by atoms with E-state index in [0.717, 1.165) is 20.9 Å². The minimum Gasteiger partial charge on any atom is -0.507 e. The maximum absolute atomic E-state index is 11.9. The maximum atomic E-state index is 11.9. The second-order valence-corrected chi connectivity index (χ2v) is 5.57. The lowest BCUT2D eigenvalue weighted by molar-refractivity contribution is 0.0952. The third kappa shape index (κ3) is 2.87. The molecule has 0 unspecified atom stereocenters. The Morgan fingerprint density at radius 1 is 1.27 bits per heavy atom. The molecular weight excluding hydrogens is 346 g/mol. The number of para-hydroxylation sites is 1. The average Bonchev–Trinajstić information content (AvgIpc) is 2.90. The highest BCUT2D eigenvalue weighted by Gasteiger charge is 2.08. The Balaban J connectivity index is 1.78. The number of nitrogens with one attached hydrogen (secondary N) is 2. The molecular formula is C16H12BrN3O2. The number of halogens is 1. The lowest BCUT2D eigenvalue weighted by Crippen LogP contribution is -2.17. The first-order valence-electron chi connectivity index (χ1n) is 6.53. The molecule has 1 aromatic heterocycles. The van der Waals surface area contributed by atoms with Crippen LogP contribution in [0.3, 0.4) is 0 Å². The molecule has 1 amide bonds. The molecule has 6 heteroatoms. The molecule has 0 aliphatic rings. The minimum absolute atomic E-state index is 0.0776. The number of H-pyrrole nitrogens is 1. The van der Waals surface area contributed by atoms with Crippen molar-refractivity contribution in [3.8, 4) is 5.75 Å². The molecule has 0 bridgehead atoms. The van der Waals surface area contributed by atoms with Gasteiger partial charge in [0.15, 0.2) is 0 Å². The summed E-state index contributed by atoms with van der Waals surface area (Å²) in [5.74, 6) is -0.540. The lowest BCUT2D eigenvalue weighted by Gasteiger charge is -2.01. The molecule has 3 N–H and O–H groups in total. The van der Waals surface area contributed by atoms with Crippen molar-refractivity contribution in [1.82, 2.24) is 10.4 Å². The van der Waals surface area contributed by atoms with E-state index < -0.39 is 5.91 Å². The number of hydrogen-bond acceptors (Lipinski definition) is 3. The van der Waals surface area contributed by atoms with E-state index in [1.165, 1.54) is 12.1 Å². The van der Waals surface area contributed by atoms with E-state index in [1.807, 2.05) is 24.4 Å². The van der Waals surface area contributed by atoms with Gasteiger partial charge in [-0.05, 0) is 30.3 Å². The molecule has 1 heterocycles. The Hall–Kier alpha value is -2.60. The molecule has 2 aromatic carbocycles. The molecule has 3 rings (SSSR count). The van der Waals surface area contributed by atoms with Crippen molar-refractivity contribution in [1.29, 1.82) is 0 Å². The summed E-state index contributed by atoms with van der Waals surface area (Å²) in [6.07, 6.45) is 3.37. The van der Waals surface area contributed by atoms with Crippen LogP contribution in [-0.4, -0.2) is 22.2 Å². The van der Waals surface area contributed by atoms with Crippen LogP contribution in [0.4, 0.5) is 0 Å². The highest BCUT2D eigenvalue weighted by Crippen LogP contribution is 2.21. The van der Waals surface area contributed by atoms with Crippen LogP contribution in [0.15, 0.2) is 58.2 Å². The van der Waals surface area contributed by atoms with Crippen LogP contribution in [0.25, 0.3) is 10.9 Å². The van der Waals surface area contributed by atoms with Crippen molar-refractivity contribution in [3.05, 3.63) is 64.3 Å². The van der Waals surface area contributed by atoms with Crippen LogP contribution in [-0.2, 0) is 0 Å². The van der Waals surface area contributed by atoms with Gasteiger partial charge in [-0.2, -0.15) is 5.10 Å². The second-order valence-electron chi connectivity index (χ2n) is 4.65. The van der Waals surface area contributed by atoms with Crippen LogP contribution in [0.5, 0.6) is 5.75 Å². The number of rotatable bonds is 3. The molecule has 22 heavy (non-hydrogen) atoms. The largest absolute Gasteiger partial charge is 0.507 e. The van der Waals surface area contributed by atoms with Crippen LogP contribution < -0.4 is 5.43 Å². The Morgan fingerprint density at radius 2 is 2.09 bits per heavy atom. The van der Waals surface area contributed by atoms with Gasteiger partial charge in [-0.3, -0.25) is 4.79 Å². The van der Waals surface area contributed by atoms with Gasteiger partial charge in [-0.1, -0.05) is 28.1 Å². The van der Waals surface area contributed by atoms with Crippen LogP contribution in [0.2, 0.25) is 0 Å². The zero-order chi connectivity index (χ0) is 15.5. The number of hydrazone groups is 1. The number of phenolic OH excluding ortho intramolecular Hbond substituents is 1. The van der Waals surface area contributed by atoms with Gasteiger partial charge >= 0.3 is 0 Å². The normalized spacial score (nSPS) is 11.1. The van der Waals surface area contributed by atoms with Crippen molar-refractivity contribution in [2.75, 3.05) is 0 Å². The first-order valence-corrected chi connectivity index (χ1v) is 7.32. The number of fused-ring (bicyclic) bond motifs is 1. The van der Waals surface area contributed by atoms with E-state index in [-0.39, 0.29) is 11.3 Å². The Labute approximate surface area is 134 Å². The number of aromatic hydroxyl groups is 1. The summed E-state index contributed by atoms with van der Waals surface area (Å²) in [5, 5.41) is 14.5. The van der Waals surface area contributed by atoms with Crippen LogP contribution in [0, 0.1) is 0 Å². The zero-order valence-electron chi connectivity index (χ0n) is 11.4. The van der Waals surface area contributed by atoms with Crippen molar-refractivity contribution >= 4 is 39.0 Å². The topological polar surface area (TPSA) is 77.5 Å². The third-order valence-corrected chi connectivity index (χ3v) is 3.69. The molecule has 0 radical (unpaired) electrons. The number of aromatic amines is 1. The van der Waals surface area contributed by atoms with E-state index in [2.05, 4.69) is 31.4 Å². The van der Waals surface area contributed by atoms with E-state index in [4.69, 9.17) is 0 Å². The van der Waals surface area contributed by atoms with Crippen LogP contribution in [0.1, 0.15) is 15.9 Å². The van der Waals surface area contributed by atoms with Gasteiger partial charge < -0.3 is 10.1 Å². The van der Waals surface area contributed by atoms with E-state index >= 15 is 0 Å². The average molecular weight is 358 g/mol. The summed E-state index contributed by atoms with van der Waals surface area (Å²) in [5.41, 5.74) is 4.42.